The highest BCUT2D eigenvalue weighted by atomic mass is 16.6. The van der Waals surface area contributed by atoms with Gasteiger partial charge in [-0.3, -0.25) is 9.59 Å². The minimum absolute atomic E-state index is 0.117. The lowest BCUT2D eigenvalue weighted by atomic mass is 9.85. The van der Waals surface area contributed by atoms with E-state index < -0.39 is 0 Å². The Kier molecular flexibility index (Phi) is 7.54. The van der Waals surface area contributed by atoms with E-state index in [1.54, 1.807) is 0 Å². The van der Waals surface area contributed by atoms with Crippen molar-refractivity contribution < 1.29 is 19.1 Å². The van der Waals surface area contributed by atoms with E-state index >= 15 is 0 Å². The summed E-state index contributed by atoms with van der Waals surface area (Å²) < 4.78 is 11.7. The van der Waals surface area contributed by atoms with Crippen molar-refractivity contribution >= 4 is 11.9 Å². The molecule has 2 aliphatic carbocycles. The molecule has 2 atom stereocenters. The maximum atomic E-state index is 12.3. The van der Waals surface area contributed by atoms with Crippen LogP contribution >= 0.6 is 0 Å². The van der Waals surface area contributed by atoms with Crippen LogP contribution in [0.25, 0.3) is 0 Å². The largest absolute Gasteiger partial charge is 0.459 e. The van der Waals surface area contributed by atoms with Gasteiger partial charge in [-0.15, -0.1) is 0 Å². The van der Waals surface area contributed by atoms with Gasteiger partial charge in [0, 0.05) is 0 Å². The third-order valence-electron chi connectivity index (χ3n) is 7.07. The third kappa shape index (κ3) is 5.23. The maximum Gasteiger partial charge on any atom is 0.306 e. The van der Waals surface area contributed by atoms with Crippen molar-refractivity contribution in [2.24, 2.45) is 11.8 Å². The van der Waals surface area contributed by atoms with E-state index in [1.165, 1.54) is 25.7 Å². The first kappa shape index (κ1) is 21.2. The van der Waals surface area contributed by atoms with E-state index in [9.17, 15) is 9.59 Å². The Balaban J connectivity index is 1.81. The highest BCUT2D eigenvalue weighted by molar-refractivity contribution is 5.78. The SMILES string of the molecule is CCC(C)(OC(=O)CCC(=O)OC(C)(CC)C1CCCC1)C1CCCC1. The quantitative estimate of drug-likeness (QED) is 0.501. The van der Waals surface area contributed by atoms with Gasteiger partial charge >= 0.3 is 11.9 Å². The van der Waals surface area contributed by atoms with Crippen LogP contribution in [0.2, 0.25) is 0 Å². The number of hydrogen-bond donors (Lipinski definition) is 0. The lowest BCUT2D eigenvalue weighted by molar-refractivity contribution is -0.171. The van der Waals surface area contributed by atoms with Gasteiger partial charge in [0.2, 0.25) is 0 Å². The summed E-state index contributed by atoms with van der Waals surface area (Å²) in [6.07, 6.45) is 11.3. The lowest BCUT2D eigenvalue weighted by Crippen LogP contribution is -2.39. The summed E-state index contributed by atoms with van der Waals surface area (Å²) in [5.41, 5.74) is -0.779. The molecule has 4 nitrogen and oxygen atoms in total. The number of carbonyl (C=O) groups excluding carboxylic acids is 2. The fourth-order valence-corrected chi connectivity index (χ4v) is 4.79. The molecule has 2 rings (SSSR count). The summed E-state index contributed by atoms with van der Waals surface area (Å²) in [6, 6.07) is 0. The summed E-state index contributed by atoms with van der Waals surface area (Å²) in [6.45, 7) is 8.25. The summed E-state index contributed by atoms with van der Waals surface area (Å²) in [7, 11) is 0. The molecule has 0 radical (unpaired) electrons. The zero-order valence-corrected chi connectivity index (χ0v) is 17.3. The molecule has 150 valence electrons. The zero-order chi connectivity index (χ0) is 19.2. The molecule has 4 heteroatoms. The number of esters is 2. The van der Waals surface area contributed by atoms with E-state index in [1.807, 2.05) is 13.8 Å². The van der Waals surface area contributed by atoms with E-state index in [0.717, 1.165) is 38.5 Å². The molecule has 2 fully saturated rings. The average Bonchev–Trinajstić information content (AvgIpc) is 3.33. The number of rotatable bonds is 9. The smallest absolute Gasteiger partial charge is 0.306 e. The van der Waals surface area contributed by atoms with E-state index in [-0.39, 0.29) is 36.0 Å². The van der Waals surface area contributed by atoms with E-state index in [4.69, 9.17) is 9.47 Å². The van der Waals surface area contributed by atoms with Crippen LogP contribution in [-0.2, 0) is 19.1 Å². The van der Waals surface area contributed by atoms with Crippen molar-refractivity contribution in [1.82, 2.24) is 0 Å². The molecule has 2 aliphatic rings. The van der Waals surface area contributed by atoms with Crippen LogP contribution in [0.4, 0.5) is 0 Å². The Morgan fingerprint density at radius 3 is 1.31 bits per heavy atom. The molecule has 0 amide bonds. The van der Waals surface area contributed by atoms with Crippen molar-refractivity contribution in [3.05, 3.63) is 0 Å². The van der Waals surface area contributed by atoms with E-state index in [2.05, 4.69) is 13.8 Å². The predicted molar refractivity (Wildman–Crippen MR) is 103 cm³/mol. The molecule has 0 aliphatic heterocycles. The molecule has 2 unspecified atom stereocenters. The minimum atomic E-state index is -0.390. The molecular weight excluding hydrogens is 328 g/mol. The van der Waals surface area contributed by atoms with Crippen molar-refractivity contribution in [2.75, 3.05) is 0 Å². The second-order valence-corrected chi connectivity index (χ2v) is 8.74. The Morgan fingerprint density at radius 2 is 1.04 bits per heavy atom. The second-order valence-electron chi connectivity index (χ2n) is 8.74. The van der Waals surface area contributed by atoms with E-state index in [0.29, 0.717) is 11.8 Å². The second kappa shape index (κ2) is 9.23. The van der Waals surface area contributed by atoms with Crippen molar-refractivity contribution in [3.63, 3.8) is 0 Å². The summed E-state index contributed by atoms with van der Waals surface area (Å²) in [5, 5.41) is 0. The molecule has 0 bridgehead atoms. The summed E-state index contributed by atoms with van der Waals surface area (Å²) in [5.74, 6) is 0.373. The molecule has 2 saturated carbocycles. The van der Waals surface area contributed by atoms with Gasteiger partial charge in [-0.1, -0.05) is 39.5 Å². The third-order valence-corrected chi connectivity index (χ3v) is 7.07. The van der Waals surface area contributed by atoms with Crippen LogP contribution in [0.5, 0.6) is 0 Å². The lowest BCUT2D eigenvalue weighted by Gasteiger charge is -2.35. The number of carbonyl (C=O) groups is 2. The highest BCUT2D eigenvalue weighted by Crippen LogP contribution is 2.39. The molecule has 0 aromatic carbocycles. The van der Waals surface area contributed by atoms with Gasteiger partial charge < -0.3 is 9.47 Å². The van der Waals surface area contributed by atoms with Crippen LogP contribution in [0, 0.1) is 11.8 Å². The molecule has 0 aromatic heterocycles. The molecule has 26 heavy (non-hydrogen) atoms. The Bertz CT molecular complexity index is 433. The van der Waals surface area contributed by atoms with Gasteiger partial charge in [0.05, 0.1) is 12.8 Å². The minimum Gasteiger partial charge on any atom is -0.459 e. The standard InChI is InChI=1S/C22H38O4/c1-5-21(3,17-11-7-8-12-17)25-19(23)15-16-20(24)26-22(4,6-2)18-13-9-10-14-18/h17-18H,5-16H2,1-4H3. The fraction of sp³-hybridized carbons (Fsp3) is 0.909. The van der Waals surface area contributed by atoms with Crippen LogP contribution < -0.4 is 0 Å². The summed E-state index contributed by atoms with van der Waals surface area (Å²) in [4.78, 5) is 24.7. The van der Waals surface area contributed by atoms with Crippen LogP contribution in [0.15, 0.2) is 0 Å². The van der Waals surface area contributed by atoms with Crippen molar-refractivity contribution in [2.45, 2.75) is 116 Å². The molecule has 0 N–H and O–H groups in total. The maximum absolute atomic E-state index is 12.3. The molecule has 0 aromatic rings. The van der Waals surface area contributed by atoms with Crippen LogP contribution in [0.1, 0.15) is 105 Å². The van der Waals surface area contributed by atoms with Crippen LogP contribution in [-0.4, -0.2) is 23.1 Å². The van der Waals surface area contributed by atoms with Gasteiger partial charge in [-0.2, -0.15) is 0 Å². The first-order valence-electron chi connectivity index (χ1n) is 10.8. The first-order valence-corrected chi connectivity index (χ1v) is 10.8. The topological polar surface area (TPSA) is 52.6 Å². The first-order chi connectivity index (χ1) is 12.3. The van der Waals surface area contributed by atoms with Gasteiger partial charge in [0.15, 0.2) is 0 Å². The molecule has 0 heterocycles. The molecule has 0 spiro atoms. The predicted octanol–water partition coefficient (Wildman–Crippen LogP) is 5.57. The molecular formula is C22H38O4. The Labute approximate surface area is 159 Å². The highest BCUT2D eigenvalue weighted by Gasteiger charge is 2.39. The van der Waals surface area contributed by atoms with Gasteiger partial charge in [-0.25, -0.2) is 0 Å². The van der Waals surface area contributed by atoms with Crippen LogP contribution in [0.3, 0.4) is 0 Å². The Morgan fingerprint density at radius 1 is 0.731 bits per heavy atom. The molecule has 0 saturated heterocycles. The zero-order valence-electron chi connectivity index (χ0n) is 17.3. The normalized spacial score (nSPS) is 23.4. The fourth-order valence-electron chi connectivity index (χ4n) is 4.79. The van der Waals surface area contributed by atoms with Gasteiger partial charge in [0.1, 0.15) is 11.2 Å². The summed E-state index contributed by atoms with van der Waals surface area (Å²) >= 11 is 0. The van der Waals surface area contributed by atoms with Gasteiger partial charge in [-0.05, 0) is 64.2 Å². The monoisotopic (exact) mass is 366 g/mol. The number of ether oxygens (including phenoxy) is 2. The average molecular weight is 367 g/mol. The van der Waals surface area contributed by atoms with Crippen molar-refractivity contribution in [1.29, 1.82) is 0 Å². The van der Waals surface area contributed by atoms with Gasteiger partial charge in [0.25, 0.3) is 0 Å². The Hall–Kier alpha value is -1.06. The number of hydrogen-bond acceptors (Lipinski definition) is 4. The van der Waals surface area contributed by atoms with Crippen molar-refractivity contribution in [3.8, 4) is 0 Å².